The van der Waals surface area contributed by atoms with Crippen LogP contribution in [0.2, 0.25) is 0 Å². The maximum Gasteiger partial charge on any atom is 0.248 e. The Morgan fingerprint density at radius 1 is 1.14 bits per heavy atom. The zero-order chi connectivity index (χ0) is 15.5. The molecule has 110 valence electrons. The maximum absolute atomic E-state index is 11.5. The molecule has 22 heavy (non-hydrogen) atoms. The molecule has 0 spiro atoms. The summed E-state index contributed by atoms with van der Waals surface area (Å²) in [5, 5.41) is 15.3. The van der Waals surface area contributed by atoms with Gasteiger partial charge in [0.15, 0.2) is 11.5 Å². The van der Waals surface area contributed by atoms with Crippen LogP contribution in [0.1, 0.15) is 12.7 Å². The summed E-state index contributed by atoms with van der Waals surface area (Å²) in [7, 11) is 0. The predicted octanol–water partition coefficient (Wildman–Crippen LogP) is 2.61. The van der Waals surface area contributed by atoms with Crippen LogP contribution in [0.3, 0.4) is 0 Å². The van der Waals surface area contributed by atoms with Crippen LogP contribution in [0.4, 0.5) is 5.69 Å². The number of aryl methyl sites for hydroxylation is 1. The quantitative estimate of drug-likeness (QED) is 0.753. The molecule has 0 saturated heterocycles. The minimum atomic E-state index is -0.144. The lowest BCUT2D eigenvalue weighted by Gasteiger charge is -2.05. The first-order valence-corrected chi connectivity index (χ1v) is 6.90. The number of hydrogen-bond acceptors (Lipinski definition) is 4. The van der Waals surface area contributed by atoms with Gasteiger partial charge in [0.05, 0.1) is 5.69 Å². The Bertz CT molecular complexity index is 849. The molecule has 0 atom stereocenters. The smallest absolute Gasteiger partial charge is 0.248 e. The Hall–Kier alpha value is -3.02. The lowest BCUT2D eigenvalue weighted by Crippen LogP contribution is -2.07. The number of nitrogens with zero attached hydrogens (tertiary/aromatic N) is 4. The lowest BCUT2D eigenvalue weighted by atomic mass is 10.1. The molecular weight excluding hydrogens is 278 g/mol. The highest BCUT2D eigenvalue weighted by Crippen LogP contribution is 2.20. The van der Waals surface area contributed by atoms with Crippen LogP contribution < -0.4 is 5.32 Å². The third-order valence-corrected chi connectivity index (χ3v) is 3.18. The van der Waals surface area contributed by atoms with Gasteiger partial charge in [0.2, 0.25) is 5.91 Å². The summed E-state index contributed by atoms with van der Waals surface area (Å²) in [5.74, 6) is 0.599. The van der Waals surface area contributed by atoms with Crippen LogP contribution >= 0.6 is 0 Å². The van der Waals surface area contributed by atoms with Crippen molar-refractivity contribution in [2.75, 3.05) is 5.32 Å². The number of allylic oxidation sites excluding steroid dienone is 1. The molecule has 0 aliphatic carbocycles. The molecule has 0 saturated carbocycles. The number of nitrogens with one attached hydrogen (secondary N) is 1. The molecule has 0 fully saturated rings. The van der Waals surface area contributed by atoms with E-state index in [9.17, 15) is 4.79 Å². The van der Waals surface area contributed by atoms with Crippen molar-refractivity contribution in [1.82, 2.24) is 19.8 Å². The molecule has 0 bridgehead atoms. The first kappa shape index (κ1) is 13.9. The van der Waals surface area contributed by atoms with Crippen LogP contribution in [0.15, 0.2) is 48.6 Å². The summed E-state index contributed by atoms with van der Waals surface area (Å²) in [5.41, 5.74) is 3.24. The first-order chi connectivity index (χ1) is 10.7. The largest absolute Gasteiger partial charge is 0.323 e. The number of rotatable bonds is 3. The van der Waals surface area contributed by atoms with Gasteiger partial charge in [0.25, 0.3) is 0 Å². The van der Waals surface area contributed by atoms with Crippen molar-refractivity contribution >= 4 is 17.2 Å². The summed E-state index contributed by atoms with van der Waals surface area (Å²) < 4.78 is 1.71. The van der Waals surface area contributed by atoms with Crippen LogP contribution in [0.5, 0.6) is 0 Å². The second-order valence-electron chi connectivity index (χ2n) is 4.80. The summed E-state index contributed by atoms with van der Waals surface area (Å²) in [6.07, 6.45) is 3.18. The highest BCUT2D eigenvalue weighted by Gasteiger charge is 2.06. The van der Waals surface area contributed by atoms with Gasteiger partial charge in [0, 0.05) is 11.3 Å². The molecule has 0 aliphatic heterocycles. The van der Waals surface area contributed by atoms with Crippen molar-refractivity contribution in [1.29, 1.82) is 0 Å². The first-order valence-electron chi connectivity index (χ1n) is 6.90. The molecule has 0 radical (unpaired) electrons. The van der Waals surface area contributed by atoms with E-state index < -0.39 is 0 Å². The normalized spacial score (nSPS) is 11.2. The monoisotopic (exact) mass is 293 g/mol. The molecule has 1 aromatic carbocycles. The number of hydrogen-bond donors (Lipinski definition) is 1. The Kier molecular flexibility index (Phi) is 3.65. The second kappa shape index (κ2) is 5.77. The lowest BCUT2D eigenvalue weighted by molar-refractivity contribution is -0.111. The Balaban J connectivity index is 1.87. The fourth-order valence-electron chi connectivity index (χ4n) is 2.11. The van der Waals surface area contributed by atoms with Gasteiger partial charge in [-0.1, -0.05) is 18.2 Å². The number of aromatic nitrogens is 4. The number of carbonyl (C=O) groups is 1. The van der Waals surface area contributed by atoms with E-state index in [2.05, 4.69) is 20.6 Å². The Labute approximate surface area is 127 Å². The van der Waals surface area contributed by atoms with Crippen molar-refractivity contribution in [3.05, 3.63) is 54.4 Å². The Morgan fingerprint density at radius 3 is 2.64 bits per heavy atom. The standard InChI is InChI=1S/C16H15N5O/c1-3-4-16(22)17-13-7-5-12(6-8-13)14-9-10-15-19-18-11(2)21(15)20-14/h3-10H,1-2H3,(H,17,22)/b4-3+. The topological polar surface area (TPSA) is 72.2 Å². The average Bonchev–Trinajstić information content (AvgIpc) is 2.89. The van der Waals surface area contributed by atoms with Crippen LogP contribution in [-0.2, 0) is 4.79 Å². The van der Waals surface area contributed by atoms with Crippen LogP contribution in [0, 0.1) is 6.92 Å². The van der Waals surface area contributed by atoms with Crippen molar-refractivity contribution < 1.29 is 4.79 Å². The zero-order valence-corrected chi connectivity index (χ0v) is 12.3. The van der Waals surface area contributed by atoms with E-state index in [0.717, 1.165) is 28.4 Å². The average molecular weight is 293 g/mol. The molecule has 0 unspecified atom stereocenters. The fourth-order valence-corrected chi connectivity index (χ4v) is 2.11. The molecule has 1 N–H and O–H groups in total. The van der Waals surface area contributed by atoms with E-state index in [1.54, 1.807) is 17.5 Å². The molecule has 6 heteroatoms. The van der Waals surface area contributed by atoms with E-state index >= 15 is 0 Å². The molecule has 2 aromatic heterocycles. The highest BCUT2D eigenvalue weighted by molar-refractivity contribution is 5.99. The van der Waals surface area contributed by atoms with E-state index in [0.29, 0.717) is 0 Å². The van der Waals surface area contributed by atoms with Gasteiger partial charge in [-0.2, -0.15) is 9.61 Å². The van der Waals surface area contributed by atoms with Crippen LogP contribution in [0.25, 0.3) is 16.9 Å². The minimum absolute atomic E-state index is 0.144. The number of anilines is 1. The molecule has 3 rings (SSSR count). The van der Waals surface area contributed by atoms with Gasteiger partial charge in [-0.05, 0) is 44.2 Å². The molecule has 6 nitrogen and oxygen atoms in total. The van der Waals surface area contributed by atoms with Gasteiger partial charge < -0.3 is 5.32 Å². The zero-order valence-electron chi connectivity index (χ0n) is 12.3. The van der Waals surface area contributed by atoms with E-state index in [-0.39, 0.29) is 5.91 Å². The van der Waals surface area contributed by atoms with E-state index in [1.807, 2.05) is 43.3 Å². The maximum atomic E-state index is 11.5. The molecular formula is C16H15N5O. The second-order valence-corrected chi connectivity index (χ2v) is 4.80. The van der Waals surface area contributed by atoms with E-state index in [1.165, 1.54) is 6.08 Å². The van der Waals surface area contributed by atoms with Crippen molar-refractivity contribution in [3.8, 4) is 11.3 Å². The van der Waals surface area contributed by atoms with Gasteiger partial charge in [-0.3, -0.25) is 4.79 Å². The number of fused-ring (bicyclic) bond motifs is 1. The number of amides is 1. The summed E-state index contributed by atoms with van der Waals surface area (Å²) in [6, 6.07) is 11.3. The van der Waals surface area contributed by atoms with Gasteiger partial charge in [-0.15, -0.1) is 10.2 Å². The summed E-state index contributed by atoms with van der Waals surface area (Å²) in [6.45, 7) is 3.66. The van der Waals surface area contributed by atoms with Crippen molar-refractivity contribution in [2.24, 2.45) is 0 Å². The van der Waals surface area contributed by atoms with Gasteiger partial charge >= 0.3 is 0 Å². The third kappa shape index (κ3) is 2.71. The van der Waals surface area contributed by atoms with Gasteiger partial charge in [-0.25, -0.2) is 0 Å². The summed E-state index contributed by atoms with van der Waals surface area (Å²) in [4.78, 5) is 11.5. The number of benzene rings is 1. The highest BCUT2D eigenvalue weighted by atomic mass is 16.1. The minimum Gasteiger partial charge on any atom is -0.323 e. The third-order valence-electron chi connectivity index (χ3n) is 3.18. The van der Waals surface area contributed by atoms with Crippen molar-refractivity contribution in [2.45, 2.75) is 13.8 Å². The fraction of sp³-hybridized carbons (Fsp3) is 0.125. The molecule has 3 aromatic rings. The van der Waals surface area contributed by atoms with Gasteiger partial charge in [0.1, 0.15) is 0 Å². The van der Waals surface area contributed by atoms with E-state index in [4.69, 9.17) is 0 Å². The predicted molar refractivity (Wildman–Crippen MR) is 84.4 cm³/mol. The number of carbonyl (C=O) groups excluding carboxylic acids is 1. The molecule has 1 amide bonds. The Morgan fingerprint density at radius 2 is 1.91 bits per heavy atom. The van der Waals surface area contributed by atoms with Crippen LogP contribution in [-0.4, -0.2) is 25.7 Å². The summed E-state index contributed by atoms with van der Waals surface area (Å²) >= 11 is 0. The molecule has 0 aliphatic rings. The molecule has 2 heterocycles. The SMILES string of the molecule is C/C=C/C(=O)Nc1ccc(-c2ccc3nnc(C)n3n2)cc1. The van der Waals surface area contributed by atoms with Crippen molar-refractivity contribution in [3.63, 3.8) is 0 Å².